The minimum Gasteiger partial charge on any atom is -0.478 e. The Balaban J connectivity index is 4.14. The predicted octanol–water partition coefficient (Wildman–Crippen LogP) is 0.360. The van der Waals surface area contributed by atoms with E-state index in [1.165, 1.54) is 12.3 Å². The van der Waals surface area contributed by atoms with Crippen molar-refractivity contribution in [3.8, 4) is 0 Å². The minimum absolute atomic E-state index is 0.164. The SMILES string of the molecule is C=C/C(=C\NC)C(=O)O. The molecule has 0 aromatic carbocycles. The lowest BCUT2D eigenvalue weighted by molar-refractivity contribution is -0.132. The van der Waals surface area contributed by atoms with Crippen LogP contribution < -0.4 is 5.32 Å². The molecule has 0 atom stereocenters. The maximum atomic E-state index is 10.1. The number of carboxylic acids is 1. The summed E-state index contributed by atoms with van der Waals surface area (Å²) in [5.74, 6) is -0.973. The molecule has 0 aliphatic carbocycles. The van der Waals surface area contributed by atoms with E-state index in [9.17, 15) is 4.79 Å². The second kappa shape index (κ2) is 3.72. The van der Waals surface area contributed by atoms with Gasteiger partial charge in [0, 0.05) is 13.2 Å². The molecule has 0 radical (unpaired) electrons. The van der Waals surface area contributed by atoms with E-state index >= 15 is 0 Å². The average molecular weight is 127 g/mol. The molecule has 0 heterocycles. The van der Waals surface area contributed by atoms with E-state index in [0.717, 1.165) is 0 Å². The van der Waals surface area contributed by atoms with Gasteiger partial charge in [-0.25, -0.2) is 4.79 Å². The molecule has 0 spiro atoms. The topological polar surface area (TPSA) is 49.3 Å². The zero-order chi connectivity index (χ0) is 7.28. The van der Waals surface area contributed by atoms with Crippen molar-refractivity contribution in [3.63, 3.8) is 0 Å². The van der Waals surface area contributed by atoms with Crippen molar-refractivity contribution in [2.75, 3.05) is 7.05 Å². The monoisotopic (exact) mass is 127 g/mol. The lowest BCUT2D eigenvalue weighted by Crippen LogP contribution is -2.03. The molecule has 0 unspecified atom stereocenters. The van der Waals surface area contributed by atoms with Gasteiger partial charge in [0.2, 0.25) is 0 Å². The summed E-state index contributed by atoms with van der Waals surface area (Å²) >= 11 is 0. The number of rotatable bonds is 3. The normalized spacial score (nSPS) is 10.6. The second-order valence-corrected chi connectivity index (χ2v) is 1.40. The molecule has 0 fully saturated rings. The molecular weight excluding hydrogens is 118 g/mol. The quantitative estimate of drug-likeness (QED) is 0.425. The van der Waals surface area contributed by atoms with Gasteiger partial charge in [-0.1, -0.05) is 12.7 Å². The number of aliphatic carboxylic acids is 1. The number of hydrogen-bond acceptors (Lipinski definition) is 2. The fourth-order valence-corrected chi connectivity index (χ4v) is 0.363. The highest BCUT2D eigenvalue weighted by Crippen LogP contribution is 1.91. The third-order valence-corrected chi connectivity index (χ3v) is 0.767. The fraction of sp³-hybridized carbons (Fsp3) is 0.167. The van der Waals surface area contributed by atoms with Crippen molar-refractivity contribution >= 4 is 5.97 Å². The van der Waals surface area contributed by atoms with E-state index in [1.807, 2.05) is 0 Å². The van der Waals surface area contributed by atoms with E-state index in [4.69, 9.17) is 5.11 Å². The maximum Gasteiger partial charge on any atom is 0.337 e. The van der Waals surface area contributed by atoms with Crippen molar-refractivity contribution in [1.29, 1.82) is 0 Å². The first kappa shape index (κ1) is 7.75. The summed E-state index contributed by atoms with van der Waals surface area (Å²) in [4.78, 5) is 10.1. The van der Waals surface area contributed by atoms with Crippen molar-refractivity contribution in [2.45, 2.75) is 0 Å². The van der Waals surface area contributed by atoms with Crippen LogP contribution in [0.25, 0.3) is 0 Å². The summed E-state index contributed by atoms with van der Waals surface area (Å²) in [7, 11) is 1.63. The first-order valence-electron chi connectivity index (χ1n) is 2.45. The lowest BCUT2D eigenvalue weighted by atomic mass is 10.3. The zero-order valence-electron chi connectivity index (χ0n) is 5.22. The first-order valence-corrected chi connectivity index (χ1v) is 2.45. The van der Waals surface area contributed by atoms with Crippen LogP contribution in [0.1, 0.15) is 0 Å². The van der Waals surface area contributed by atoms with Crippen LogP contribution in [-0.4, -0.2) is 18.1 Å². The summed E-state index contributed by atoms with van der Waals surface area (Å²) in [6.07, 6.45) is 2.65. The molecule has 9 heavy (non-hydrogen) atoms. The van der Waals surface area contributed by atoms with Crippen LogP contribution in [0.2, 0.25) is 0 Å². The average Bonchev–Trinajstić information content (AvgIpc) is 1.82. The van der Waals surface area contributed by atoms with Crippen LogP contribution in [-0.2, 0) is 4.79 Å². The highest BCUT2D eigenvalue weighted by Gasteiger charge is 1.98. The highest BCUT2D eigenvalue weighted by molar-refractivity contribution is 5.89. The van der Waals surface area contributed by atoms with Gasteiger partial charge in [0.15, 0.2) is 0 Å². The molecule has 0 aliphatic heterocycles. The van der Waals surface area contributed by atoms with E-state index < -0.39 is 5.97 Å². The summed E-state index contributed by atoms with van der Waals surface area (Å²) in [5, 5.41) is 10.9. The molecule has 0 saturated heterocycles. The second-order valence-electron chi connectivity index (χ2n) is 1.40. The smallest absolute Gasteiger partial charge is 0.337 e. The molecule has 0 bridgehead atoms. The molecule has 0 aromatic rings. The Hall–Kier alpha value is -1.25. The molecule has 0 amide bonds. The third-order valence-electron chi connectivity index (χ3n) is 0.767. The Morgan fingerprint density at radius 2 is 2.33 bits per heavy atom. The van der Waals surface area contributed by atoms with E-state index in [-0.39, 0.29) is 5.57 Å². The van der Waals surface area contributed by atoms with E-state index in [1.54, 1.807) is 7.05 Å². The Morgan fingerprint density at radius 3 is 2.44 bits per heavy atom. The zero-order valence-corrected chi connectivity index (χ0v) is 5.22. The van der Waals surface area contributed by atoms with Gasteiger partial charge < -0.3 is 10.4 Å². The summed E-state index contributed by atoms with van der Waals surface area (Å²) < 4.78 is 0. The number of nitrogens with one attached hydrogen (secondary N) is 1. The molecule has 0 aromatic heterocycles. The van der Waals surface area contributed by atoms with Crippen LogP contribution in [0, 0.1) is 0 Å². The number of carbonyl (C=O) groups is 1. The van der Waals surface area contributed by atoms with Gasteiger partial charge in [-0.2, -0.15) is 0 Å². The van der Waals surface area contributed by atoms with Crippen molar-refractivity contribution in [1.82, 2.24) is 5.32 Å². The predicted molar refractivity (Wildman–Crippen MR) is 35.0 cm³/mol. The van der Waals surface area contributed by atoms with Crippen molar-refractivity contribution < 1.29 is 9.90 Å². The largest absolute Gasteiger partial charge is 0.478 e. The molecule has 50 valence electrons. The Bertz CT molecular complexity index is 149. The van der Waals surface area contributed by atoms with Gasteiger partial charge in [0.1, 0.15) is 0 Å². The Labute approximate surface area is 53.7 Å². The van der Waals surface area contributed by atoms with E-state index in [2.05, 4.69) is 11.9 Å². The lowest BCUT2D eigenvalue weighted by Gasteiger charge is -1.91. The Morgan fingerprint density at radius 1 is 1.78 bits per heavy atom. The maximum absolute atomic E-state index is 10.1. The molecule has 0 saturated carbocycles. The Kier molecular flexibility index (Phi) is 3.20. The molecule has 3 heteroatoms. The van der Waals surface area contributed by atoms with Crippen LogP contribution in [0.5, 0.6) is 0 Å². The van der Waals surface area contributed by atoms with Crippen molar-refractivity contribution in [3.05, 3.63) is 24.4 Å². The summed E-state index contributed by atoms with van der Waals surface area (Å²) in [5.41, 5.74) is 0.164. The standard InChI is InChI=1S/C6H9NO2/c1-3-5(4-7-2)6(8)9/h3-4,7H,1H2,2H3,(H,8,9)/b5-4+. The minimum atomic E-state index is -0.973. The molecule has 0 aliphatic rings. The molecule has 3 nitrogen and oxygen atoms in total. The van der Waals surface area contributed by atoms with Crippen molar-refractivity contribution in [2.24, 2.45) is 0 Å². The van der Waals surface area contributed by atoms with Gasteiger partial charge in [-0.05, 0) is 0 Å². The number of carboxylic acid groups (broad SMARTS) is 1. The van der Waals surface area contributed by atoms with Gasteiger partial charge in [0.05, 0.1) is 5.57 Å². The molecule has 0 rings (SSSR count). The molecular formula is C6H9NO2. The third kappa shape index (κ3) is 2.54. The molecule has 2 N–H and O–H groups in total. The number of hydrogen-bond donors (Lipinski definition) is 2. The van der Waals surface area contributed by atoms with Gasteiger partial charge in [-0.3, -0.25) is 0 Å². The van der Waals surface area contributed by atoms with Gasteiger partial charge in [-0.15, -0.1) is 0 Å². The van der Waals surface area contributed by atoms with Crippen LogP contribution in [0.4, 0.5) is 0 Å². The summed E-state index contributed by atoms with van der Waals surface area (Å²) in [6.45, 7) is 3.31. The van der Waals surface area contributed by atoms with Crippen LogP contribution in [0.15, 0.2) is 24.4 Å². The first-order chi connectivity index (χ1) is 4.22. The van der Waals surface area contributed by atoms with Gasteiger partial charge in [0.25, 0.3) is 0 Å². The fourth-order valence-electron chi connectivity index (χ4n) is 0.363. The van der Waals surface area contributed by atoms with Crippen LogP contribution in [0.3, 0.4) is 0 Å². The van der Waals surface area contributed by atoms with Crippen LogP contribution >= 0.6 is 0 Å². The van der Waals surface area contributed by atoms with Gasteiger partial charge >= 0.3 is 5.97 Å². The summed E-state index contributed by atoms with van der Waals surface area (Å²) in [6, 6.07) is 0. The van der Waals surface area contributed by atoms with E-state index in [0.29, 0.717) is 0 Å². The highest BCUT2D eigenvalue weighted by atomic mass is 16.4.